The lowest BCUT2D eigenvalue weighted by molar-refractivity contribution is 0.630. The molecule has 1 aromatic heterocycles. The summed E-state index contributed by atoms with van der Waals surface area (Å²) >= 11 is 5.90. The first-order valence-electron chi connectivity index (χ1n) is 5.38. The number of nitrogens with one attached hydrogen (secondary N) is 2. The van der Waals surface area contributed by atoms with Crippen molar-refractivity contribution in [1.29, 1.82) is 0 Å². The summed E-state index contributed by atoms with van der Waals surface area (Å²) in [5.74, 6) is 0.282. The number of hydrogen-bond donors (Lipinski definition) is 2. The van der Waals surface area contributed by atoms with Gasteiger partial charge in [0.15, 0.2) is 5.82 Å². The number of halogens is 2. The minimum atomic E-state index is -0.293. The number of fused-ring (bicyclic) bond motifs is 1. The highest BCUT2D eigenvalue weighted by molar-refractivity contribution is 6.30. The van der Waals surface area contributed by atoms with Gasteiger partial charge in [0.2, 0.25) is 0 Å². The summed E-state index contributed by atoms with van der Waals surface area (Å²) < 4.78 is 13.2. The van der Waals surface area contributed by atoms with Crippen LogP contribution in [0, 0.1) is 5.82 Å². The van der Waals surface area contributed by atoms with Crippen LogP contribution in [-0.2, 0) is 0 Å². The normalized spacial score (nSPS) is 10.8. The molecule has 0 saturated carbocycles. The molecule has 0 radical (unpaired) electrons. The minimum Gasteiger partial charge on any atom is -0.338 e. The van der Waals surface area contributed by atoms with Crippen LogP contribution in [0.15, 0.2) is 42.5 Å². The molecule has 0 amide bonds. The van der Waals surface area contributed by atoms with Crippen LogP contribution in [-0.4, -0.2) is 10.2 Å². The highest BCUT2D eigenvalue weighted by atomic mass is 35.5. The molecule has 3 aromatic rings. The van der Waals surface area contributed by atoms with Gasteiger partial charge in [-0.25, -0.2) is 4.39 Å². The number of rotatable bonds is 2. The van der Waals surface area contributed by atoms with Gasteiger partial charge in [-0.15, -0.1) is 0 Å². The van der Waals surface area contributed by atoms with E-state index in [9.17, 15) is 4.39 Å². The van der Waals surface area contributed by atoms with Gasteiger partial charge in [-0.1, -0.05) is 17.7 Å². The Labute approximate surface area is 108 Å². The number of aromatic nitrogens is 2. The third-order valence-corrected chi connectivity index (χ3v) is 2.85. The Morgan fingerprint density at radius 1 is 1.17 bits per heavy atom. The first kappa shape index (κ1) is 11.0. The van der Waals surface area contributed by atoms with Crippen LogP contribution in [0.4, 0.5) is 15.9 Å². The molecule has 0 spiro atoms. The van der Waals surface area contributed by atoms with Crippen LogP contribution < -0.4 is 5.32 Å². The highest BCUT2D eigenvalue weighted by Gasteiger charge is 2.06. The van der Waals surface area contributed by atoms with Crippen LogP contribution in [0.2, 0.25) is 5.02 Å². The van der Waals surface area contributed by atoms with Crippen molar-refractivity contribution >= 4 is 34.0 Å². The number of nitrogens with zero attached hydrogens (tertiary/aromatic N) is 1. The maximum absolute atomic E-state index is 13.2. The third kappa shape index (κ3) is 2.02. The van der Waals surface area contributed by atoms with Crippen LogP contribution in [0.3, 0.4) is 0 Å². The zero-order valence-electron chi connectivity index (χ0n) is 9.24. The Morgan fingerprint density at radius 3 is 2.89 bits per heavy atom. The standard InChI is InChI=1S/C13H9ClFN3/c14-8-2-1-3-10(6-8)16-13-11-7-9(15)4-5-12(11)17-18-13/h1-7H,(H2,16,17,18). The van der Waals surface area contributed by atoms with Gasteiger partial charge >= 0.3 is 0 Å². The Morgan fingerprint density at radius 2 is 2.06 bits per heavy atom. The predicted molar refractivity (Wildman–Crippen MR) is 70.8 cm³/mol. The SMILES string of the molecule is Fc1ccc2[nH]nc(Nc3cccc(Cl)c3)c2c1. The topological polar surface area (TPSA) is 40.7 Å². The van der Waals surface area contributed by atoms with Crippen molar-refractivity contribution in [2.24, 2.45) is 0 Å². The first-order chi connectivity index (χ1) is 8.72. The van der Waals surface area contributed by atoms with Gasteiger partial charge in [0.05, 0.1) is 5.52 Å². The molecule has 0 bridgehead atoms. The van der Waals surface area contributed by atoms with Crippen LogP contribution in [0.1, 0.15) is 0 Å². The van der Waals surface area contributed by atoms with E-state index in [2.05, 4.69) is 15.5 Å². The van der Waals surface area contributed by atoms with Crippen molar-refractivity contribution in [3.8, 4) is 0 Å². The number of hydrogen-bond acceptors (Lipinski definition) is 2. The summed E-state index contributed by atoms with van der Waals surface area (Å²) in [5, 5.41) is 11.4. The number of H-pyrrole nitrogens is 1. The van der Waals surface area contributed by atoms with Gasteiger partial charge in [-0.2, -0.15) is 5.10 Å². The number of benzene rings is 2. The molecule has 0 unspecified atom stereocenters. The van der Waals surface area contributed by atoms with Crippen molar-refractivity contribution in [1.82, 2.24) is 10.2 Å². The molecule has 1 heterocycles. The molecule has 0 aliphatic rings. The molecule has 2 aromatic carbocycles. The van der Waals surface area contributed by atoms with E-state index in [1.165, 1.54) is 12.1 Å². The van der Waals surface area contributed by atoms with E-state index in [0.29, 0.717) is 16.2 Å². The van der Waals surface area contributed by atoms with Crippen LogP contribution >= 0.6 is 11.6 Å². The lowest BCUT2D eigenvalue weighted by Gasteiger charge is -2.03. The molecular weight excluding hydrogens is 253 g/mol. The molecule has 0 fully saturated rings. The Bertz CT molecular complexity index is 708. The molecular formula is C13H9ClFN3. The predicted octanol–water partition coefficient (Wildman–Crippen LogP) is 4.10. The Kier molecular flexibility index (Phi) is 2.64. The summed E-state index contributed by atoms with van der Waals surface area (Å²) in [4.78, 5) is 0. The summed E-state index contributed by atoms with van der Waals surface area (Å²) in [5.41, 5.74) is 1.58. The van der Waals surface area contributed by atoms with E-state index >= 15 is 0 Å². The Hall–Kier alpha value is -2.07. The molecule has 90 valence electrons. The largest absolute Gasteiger partial charge is 0.338 e. The highest BCUT2D eigenvalue weighted by Crippen LogP contribution is 2.25. The Balaban J connectivity index is 2.02. The molecule has 3 rings (SSSR count). The van der Waals surface area contributed by atoms with Gasteiger partial charge in [0.1, 0.15) is 5.82 Å². The van der Waals surface area contributed by atoms with Crippen LogP contribution in [0.5, 0.6) is 0 Å². The molecule has 0 atom stereocenters. The maximum Gasteiger partial charge on any atom is 0.160 e. The molecule has 0 saturated heterocycles. The fraction of sp³-hybridized carbons (Fsp3) is 0. The second-order valence-corrected chi connectivity index (χ2v) is 4.33. The number of aromatic amines is 1. The monoisotopic (exact) mass is 261 g/mol. The summed E-state index contributed by atoms with van der Waals surface area (Å²) in [7, 11) is 0. The van der Waals surface area contributed by atoms with Crippen molar-refractivity contribution in [3.63, 3.8) is 0 Å². The van der Waals surface area contributed by atoms with Gasteiger partial charge < -0.3 is 5.32 Å². The minimum absolute atomic E-state index is 0.293. The van der Waals surface area contributed by atoms with E-state index in [1.807, 2.05) is 12.1 Å². The summed E-state index contributed by atoms with van der Waals surface area (Å²) in [6.45, 7) is 0. The zero-order chi connectivity index (χ0) is 12.5. The van der Waals surface area contributed by atoms with Gasteiger partial charge in [0.25, 0.3) is 0 Å². The second kappa shape index (κ2) is 4.31. The average molecular weight is 262 g/mol. The fourth-order valence-corrected chi connectivity index (χ4v) is 1.97. The molecule has 5 heteroatoms. The third-order valence-electron chi connectivity index (χ3n) is 2.61. The lowest BCUT2D eigenvalue weighted by atomic mass is 10.2. The average Bonchev–Trinajstić information content (AvgIpc) is 2.72. The van der Waals surface area contributed by atoms with E-state index in [-0.39, 0.29) is 5.82 Å². The van der Waals surface area contributed by atoms with Crippen molar-refractivity contribution in [2.75, 3.05) is 5.32 Å². The summed E-state index contributed by atoms with van der Waals surface area (Å²) in [6, 6.07) is 11.7. The zero-order valence-corrected chi connectivity index (χ0v) is 10.0. The molecule has 3 nitrogen and oxygen atoms in total. The maximum atomic E-state index is 13.2. The molecule has 0 aliphatic carbocycles. The molecule has 0 aliphatic heterocycles. The van der Waals surface area contributed by atoms with Gasteiger partial charge in [-0.05, 0) is 36.4 Å². The smallest absolute Gasteiger partial charge is 0.160 e. The number of anilines is 2. The van der Waals surface area contributed by atoms with E-state index < -0.39 is 0 Å². The van der Waals surface area contributed by atoms with E-state index in [0.717, 1.165) is 11.2 Å². The first-order valence-corrected chi connectivity index (χ1v) is 5.76. The molecule has 2 N–H and O–H groups in total. The fourth-order valence-electron chi connectivity index (χ4n) is 1.78. The van der Waals surface area contributed by atoms with Gasteiger partial charge in [-0.3, -0.25) is 5.10 Å². The van der Waals surface area contributed by atoms with Crippen LogP contribution in [0.25, 0.3) is 10.9 Å². The van der Waals surface area contributed by atoms with E-state index in [4.69, 9.17) is 11.6 Å². The van der Waals surface area contributed by atoms with E-state index in [1.54, 1.807) is 18.2 Å². The van der Waals surface area contributed by atoms with Gasteiger partial charge in [0, 0.05) is 16.1 Å². The second-order valence-electron chi connectivity index (χ2n) is 3.90. The molecule has 18 heavy (non-hydrogen) atoms. The summed E-state index contributed by atoms with van der Waals surface area (Å²) in [6.07, 6.45) is 0. The lowest BCUT2D eigenvalue weighted by Crippen LogP contribution is -1.90. The van der Waals surface area contributed by atoms with Crippen molar-refractivity contribution < 1.29 is 4.39 Å². The van der Waals surface area contributed by atoms with Crippen molar-refractivity contribution in [2.45, 2.75) is 0 Å². The van der Waals surface area contributed by atoms with Crippen molar-refractivity contribution in [3.05, 3.63) is 53.3 Å². The quantitative estimate of drug-likeness (QED) is 0.729.